The van der Waals surface area contributed by atoms with Crippen LogP contribution in [0.4, 0.5) is 4.39 Å². The fourth-order valence-corrected chi connectivity index (χ4v) is 3.21. The molecule has 1 aromatic heterocycles. The van der Waals surface area contributed by atoms with E-state index in [9.17, 15) is 4.39 Å². The maximum atomic E-state index is 13.4. The summed E-state index contributed by atoms with van der Waals surface area (Å²) in [7, 11) is 0. The van der Waals surface area contributed by atoms with Crippen LogP contribution in [0.2, 0.25) is 0 Å². The van der Waals surface area contributed by atoms with E-state index in [0.717, 1.165) is 29.3 Å². The zero-order valence-corrected chi connectivity index (χ0v) is 13.0. The van der Waals surface area contributed by atoms with Crippen LogP contribution in [0.3, 0.4) is 0 Å². The zero-order chi connectivity index (χ0) is 15.1. The first-order valence-corrected chi connectivity index (χ1v) is 7.42. The average Bonchev–Trinajstić information content (AvgIpc) is 2.73. The van der Waals surface area contributed by atoms with Gasteiger partial charge in [-0.15, -0.1) is 0 Å². The van der Waals surface area contributed by atoms with Crippen molar-refractivity contribution in [2.24, 2.45) is 0 Å². The summed E-state index contributed by atoms with van der Waals surface area (Å²) in [6, 6.07) is 5.68. The number of rotatable bonds is 2. The second-order valence-electron chi connectivity index (χ2n) is 5.99. The highest BCUT2D eigenvalue weighted by Crippen LogP contribution is 2.34. The Kier molecular flexibility index (Phi) is 3.57. The van der Waals surface area contributed by atoms with Crippen molar-refractivity contribution in [1.82, 2.24) is 9.88 Å². The quantitative estimate of drug-likeness (QED) is 0.838. The normalized spacial score (nSPS) is 22.3. The Morgan fingerprint density at radius 2 is 2.10 bits per heavy atom. The minimum Gasteiger partial charge on any atom is -0.444 e. The number of halogens is 1. The van der Waals surface area contributed by atoms with Crippen LogP contribution >= 0.6 is 0 Å². The van der Waals surface area contributed by atoms with Gasteiger partial charge in [0, 0.05) is 12.1 Å². The third-order valence-electron chi connectivity index (χ3n) is 4.52. The lowest BCUT2D eigenvalue weighted by molar-refractivity contribution is 0.116. The van der Waals surface area contributed by atoms with Crippen molar-refractivity contribution in [2.45, 2.75) is 52.7 Å². The largest absolute Gasteiger partial charge is 0.444 e. The molecule has 2 unspecified atom stereocenters. The zero-order valence-electron chi connectivity index (χ0n) is 13.0. The van der Waals surface area contributed by atoms with E-state index in [4.69, 9.17) is 4.42 Å². The lowest BCUT2D eigenvalue weighted by Gasteiger charge is -2.39. The molecule has 2 atom stereocenters. The van der Waals surface area contributed by atoms with Crippen LogP contribution in [0.15, 0.2) is 22.6 Å². The van der Waals surface area contributed by atoms with Gasteiger partial charge in [0.15, 0.2) is 0 Å². The van der Waals surface area contributed by atoms with Crippen LogP contribution in [0.25, 0.3) is 0 Å². The van der Waals surface area contributed by atoms with E-state index in [1.807, 2.05) is 19.9 Å². The molecule has 0 amide bonds. The van der Waals surface area contributed by atoms with Crippen molar-refractivity contribution >= 4 is 0 Å². The second-order valence-corrected chi connectivity index (χ2v) is 5.99. The molecule has 112 valence electrons. The van der Waals surface area contributed by atoms with Gasteiger partial charge in [0.2, 0.25) is 5.89 Å². The Bertz CT molecular complexity index is 645. The number of hydrogen-bond donors (Lipinski definition) is 0. The number of oxazole rings is 1. The third kappa shape index (κ3) is 2.60. The number of nitrogens with zero attached hydrogens (tertiary/aromatic N) is 2. The van der Waals surface area contributed by atoms with E-state index in [1.54, 1.807) is 12.1 Å². The minimum atomic E-state index is -0.152. The van der Waals surface area contributed by atoms with Crippen molar-refractivity contribution < 1.29 is 8.81 Å². The SMILES string of the molecule is Cc1nc(CN2C(C)Cc3cc(F)ccc3C2C)oc1C. The summed E-state index contributed by atoms with van der Waals surface area (Å²) in [6.07, 6.45) is 0.857. The standard InChI is InChI=1S/C17H21FN2O/c1-10-7-14-8-15(18)5-6-16(14)12(3)20(10)9-17-19-11(2)13(4)21-17/h5-6,8,10,12H,7,9H2,1-4H3. The fraction of sp³-hybridized carbons (Fsp3) is 0.471. The Hall–Kier alpha value is -1.68. The molecule has 1 aliphatic heterocycles. The minimum absolute atomic E-state index is 0.152. The highest BCUT2D eigenvalue weighted by Gasteiger charge is 2.30. The van der Waals surface area contributed by atoms with E-state index in [1.165, 1.54) is 5.56 Å². The van der Waals surface area contributed by atoms with Gasteiger partial charge in [-0.25, -0.2) is 9.37 Å². The Morgan fingerprint density at radius 1 is 1.33 bits per heavy atom. The van der Waals surface area contributed by atoms with Gasteiger partial charge in [-0.2, -0.15) is 0 Å². The monoisotopic (exact) mass is 288 g/mol. The summed E-state index contributed by atoms with van der Waals surface area (Å²) in [5, 5.41) is 0. The first kappa shape index (κ1) is 14.3. The molecule has 0 aliphatic carbocycles. The Labute approximate surface area is 124 Å². The molecular weight excluding hydrogens is 267 g/mol. The van der Waals surface area contributed by atoms with Gasteiger partial charge in [-0.05, 0) is 57.4 Å². The molecule has 4 heteroatoms. The van der Waals surface area contributed by atoms with E-state index in [2.05, 4.69) is 23.7 Å². The summed E-state index contributed by atoms with van der Waals surface area (Å²) in [4.78, 5) is 6.84. The van der Waals surface area contributed by atoms with Gasteiger partial charge >= 0.3 is 0 Å². The van der Waals surface area contributed by atoms with Crippen LogP contribution in [0.5, 0.6) is 0 Å². The molecule has 0 N–H and O–H groups in total. The van der Waals surface area contributed by atoms with E-state index in [0.29, 0.717) is 12.6 Å². The van der Waals surface area contributed by atoms with Gasteiger partial charge in [0.1, 0.15) is 11.6 Å². The number of benzene rings is 1. The molecule has 0 spiro atoms. The third-order valence-corrected chi connectivity index (χ3v) is 4.52. The smallest absolute Gasteiger partial charge is 0.208 e. The van der Waals surface area contributed by atoms with Crippen LogP contribution in [0, 0.1) is 19.7 Å². The molecule has 1 aromatic carbocycles. The van der Waals surface area contributed by atoms with Gasteiger partial charge in [0.25, 0.3) is 0 Å². The van der Waals surface area contributed by atoms with Crippen molar-refractivity contribution in [3.8, 4) is 0 Å². The number of hydrogen-bond acceptors (Lipinski definition) is 3. The van der Waals surface area contributed by atoms with Gasteiger partial charge in [-0.3, -0.25) is 4.90 Å². The molecule has 3 rings (SSSR count). The van der Waals surface area contributed by atoms with Gasteiger partial charge < -0.3 is 4.42 Å². The Morgan fingerprint density at radius 3 is 2.76 bits per heavy atom. The van der Waals surface area contributed by atoms with Crippen LogP contribution in [-0.4, -0.2) is 15.9 Å². The number of fused-ring (bicyclic) bond motifs is 1. The molecule has 0 fully saturated rings. The Balaban J connectivity index is 1.88. The van der Waals surface area contributed by atoms with Crippen LogP contribution < -0.4 is 0 Å². The average molecular weight is 288 g/mol. The molecule has 2 heterocycles. The molecular formula is C17H21FN2O. The fourth-order valence-electron chi connectivity index (χ4n) is 3.21. The predicted octanol–water partition coefficient (Wildman–Crippen LogP) is 3.94. The van der Waals surface area contributed by atoms with Gasteiger partial charge in [0.05, 0.1) is 12.2 Å². The van der Waals surface area contributed by atoms with E-state index in [-0.39, 0.29) is 11.9 Å². The molecule has 0 saturated heterocycles. The molecule has 0 bridgehead atoms. The lowest BCUT2D eigenvalue weighted by atomic mass is 9.89. The van der Waals surface area contributed by atoms with E-state index < -0.39 is 0 Å². The summed E-state index contributed by atoms with van der Waals surface area (Å²) in [5.74, 6) is 1.49. The van der Waals surface area contributed by atoms with Crippen molar-refractivity contribution in [2.75, 3.05) is 0 Å². The van der Waals surface area contributed by atoms with E-state index >= 15 is 0 Å². The maximum absolute atomic E-state index is 13.4. The van der Waals surface area contributed by atoms with Crippen molar-refractivity contribution in [1.29, 1.82) is 0 Å². The molecule has 0 radical (unpaired) electrons. The summed E-state index contributed by atoms with van der Waals surface area (Å²) in [5.41, 5.74) is 3.27. The predicted molar refractivity (Wildman–Crippen MR) is 79.5 cm³/mol. The first-order valence-electron chi connectivity index (χ1n) is 7.42. The number of aromatic nitrogens is 1. The van der Waals surface area contributed by atoms with Crippen LogP contribution in [-0.2, 0) is 13.0 Å². The highest BCUT2D eigenvalue weighted by molar-refractivity contribution is 5.33. The first-order chi connectivity index (χ1) is 9.95. The molecule has 1 aliphatic rings. The summed E-state index contributed by atoms with van der Waals surface area (Å²) in [6.45, 7) is 8.92. The molecule has 2 aromatic rings. The van der Waals surface area contributed by atoms with Crippen molar-refractivity contribution in [3.63, 3.8) is 0 Å². The van der Waals surface area contributed by atoms with Crippen LogP contribution in [0.1, 0.15) is 48.4 Å². The molecule has 3 nitrogen and oxygen atoms in total. The van der Waals surface area contributed by atoms with Crippen molar-refractivity contribution in [3.05, 3.63) is 52.5 Å². The lowest BCUT2D eigenvalue weighted by Crippen LogP contribution is -2.40. The van der Waals surface area contributed by atoms with Gasteiger partial charge in [-0.1, -0.05) is 6.07 Å². The molecule has 0 saturated carbocycles. The molecule has 21 heavy (non-hydrogen) atoms. The summed E-state index contributed by atoms with van der Waals surface area (Å²) < 4.78 is 19.1. The second kappa shape index (κ2) is 5.26. The number of aryl methyl sites for hydroxylation is 2. The maximum Gasteiger partial charge on any atom is 0.208 e. The highest BCUT2D eigenvalue weighted by atomic mass is 19.1. The summed E-state index contributed by atoms with van der Waals surface area (Å²) >= 11 is 0. The topological polar surface area (TPSA) is 29.3 Å².